The quantitative estimate of drug-likeness (QED) is 0.710. The van der Waals surface area contributed by atoms with Crippen LogP contribution in [0.1, 0.15) is 20.8 Å². The standard InChI is InChI=1S/C7H16N2.C6H14N2.C2H6/c1-3-9-6-4-8(2)5-7-9;1-7-3-5-8(2)6-4-7;1-2/h3-7H2,1-2H3;3-6H2,1-2H3;1-2H3. The first-order valence-electron chi connectivity index (χ1n) is 7.89. The zero-order valence-corrected chi connectivity index (χ0v) is 14.2. The molecule has 2 fully saturated rings. The summed E-state index contributed by atoms with van der Waals surface area (Å²) in [6, 6.07) is 0. The third kappa shape index (κ3) is 9.38. The minimum absolute atomic E-state index is 1.22. The first-order chi connectivity index (χ1) is 9.11. The van der Waals surface area contributed by atoms with E-state index in [1.165, 1.54) is 58.9 Å². The van der Waals surface area contributed by atoms with Crippen LogP contribution < -0.4 is 0 Å². The van der Waals surface area contributed by atoms with Crippen LogP contribution in [-0.2, 0) is 0 Å². The van der Waals surface area contributed by atoms with Crippen molar-refractivity contribution in [1.29, 1.82) is 0 Å². The maximum absolute atomic E-state index is 2.49. The van der Waals surface area contributed by atoms with Crippen LogP contribution in [0.5, 0.6) is 0 Å². The van der Waals surface area contributed by atoms with E-state index in [-0.39, 0.29) is 0 Å². The van der Waals surface area contributed by atoms with Crippen LogP contribution in [0.15, 0.2) is 0 Å². The number of hydrogen-bond acceptors (Lipinski definition) is 4. The van der Waals surface area contributed by atoms with E-state index < -0.39 is 0 Å². The molecular weight excluding hydrogens is 236 g/mol. The molecule has 19 heavy (non-hydrogen) atoms. The predicted octanol–water partition coefficient (Wildman–Crippen LogP) is 1.14. The molecule has 0 aromatic rings. The molecule has 0 amide bonds. The normalized spacial score (nSPS) is 23.1. The summed E-state index contributed by atoms with van der Waals surface area (Å²) in [4.78, 5) is 9.59. The van der Waals surface area contributed by atoms with E-state index in [1.54, 1.807) is 0 Å². The van der Waals surface area contributed by atoms with Crippen LogP contribution in [0.2, 0.25) is 0 Å². The first kappa shape index (κ1) is 18.8. The lowest BCUT2D eigenvalue weighted by Gasteiger charge is -2.31. The summed E-state index contributed by atoms with van der Waals surface area (Å²) in [7, 11) is 6.53. The average Bonchev–Trinajstić information content (AvgIpc) is 2.46. The third-order valence-electron chi connectivity index (χ3n) is 3.77. The van der Waals surface area contributed by atoms with Crippen molar-refractivity contribution >= 4 is 0 Å². The van der Waals surface area contributed by atoms with Gasteiger partial charge in [-0.1, -0.05) is 20.8 Å². The summed E-state index contributed by atoms with van der Waals surface area (Å²) < 4.78 is 0. The van der Waals surface area contributed by atoms with Gasteiger partial charge in [0.05, 0.1) is 0 Å². The molecule has 2 aliphatic heterocycles. The van der Waals surface area contributed by atoms with Gasteiger partial charge in [-0.15, -0.1) is 0 Å². The maximum atomic E-state index is 2.49. The van der Waals surface area contributed by atoms with E-state index in [0.717, 1.165) is 0 Å². The van der Waals surface area contributed by atoms with Crippen molar-refractivity contribution in [2.45, 2.75) is 20.8 Å². The molecule has 0 aromatic heterocycles. The van der Waals surface area contributed by atoms with E-state index in [2.05, 4.69) is 47.7 Å². The highest BCUT2D eigenvalue weighted by atomic mass is 15.2. The SMILES string of the molecule is CC.CCN1CCN(C)CC1.CN1CCN(C)CC1. The molecule has 0 aromatic carbocycles. The zero-order valence-electron chi connectivity index (χ0n) is 14.2. The van der Waals surface area contributed by atoms with Gasteiger partial charge in [0.15, 0.2) is 0 Å². The Hall–Kier alpha value is -0.160. The highest BCUT2D eigenvalue weighted by Crippen LogP contribution is 1.96. The molecule has 4 heteroatoms. The second-order valence-electron chi connectivity index (χ2n) is 5.34. The molecule has 0 bridgehead atoms. The topological polar surface area (TPSA) is 13.0 Å². The number of hydrogen-bond donors (Lipinski definition) is 0. The Balaban J connectivity index is 0.000000303. The molecule has 0 N–H and O–H groups in total. The molecular formula is C15H36N4. The summed E-state index contributed by atoms with van der Waals surface area (Å²) in [5, 5.41) is 0. The minimum atomic E-state index is 1.22. The molecule has 0 aliphatic carbocycles. The van der Waals surface area contributed by atoms with Crippen molar-refractivity contribution in [3.05, 3.63) is 0 Å². The first-order valence-corrected chi connectivity index (χ1v) is 7.89. The van der Waals surface area contributed by atoms with Gasteiger partial charge in [0.1, 0.15) is 0 Å². The lowest BCUT2D eigenvalue weighted by Crippen LogP contribution is -2.44. The molecule has 0 saturated carbocycles. The van der Waals surface area contributed by atoms with Gasteiger partial charge < -0.3 is 19.6 Å². The van der Waals surface area contributed by atoms with E-state index in [9.17, 15) is 0 Å². The minimum Gasteiger partial charge on any atom is -0.304 e. The lowest BCUT2D eigenvalue weighted by molar-refractivity contribution is 0.160. The zero-order chi connectivity index (χ0) is 14.7. The molecule has 2 rings (SSSR count). The van der Waals surface area contributed by atoms with Crippen molar-refractivity contribution in [1.82, 2.24) is 19.6 Å². The van der Waals surface area contributed by atoms with Crippen molar-refractivity contribution < 1.29 is 0 Å². The van der Waals surface area contributed by atoms with Crippen molar-refractivity contribution in [2.24, 2.45) is 0 Å². The van der Waals surface area contributed by atoms with Crippen molar-refractivity contribution in [2.75, 3.05) is 80.0 Å². The fourth-order valence-electron chi connectivity index (χ4n) is 2.07. The van der Waals surface area contributed by atoms with Crippen LogP contribution in [-0.4, -0.2) is 99.6 Å². The van der Waals surface area contributed by atoms with Gasteiger partial charge in [0.2, 0.25) is 0 Å². The predicted molar refractivity (Wildman–Crippen MR) is 86.0 cm³/mol. The van der Waals surface area contributed by atoms with E-state index >= 15 is 0 Å². The Bertz CT molecular complexity index is 173. The highest BCUT2D eigenvalue weighted by Gasteiger charge is 2.10. The molecule has 116 valence electrons. The Morgan fingerprint density at radius 3 is 1.11 bits per heavy atom. The van der Waals surface area contributed by atoms with Crippen molar-refractivity contribution in [3.8, 4) is 0 Å². The molecule has 0 atom stereocenters. The number of likely N-dealkylation sites (N-methyl/N-ethyl adjacent to an activating group) is 4. The van der Waals surface area contributed by atoms with Crippen LogP contribution >= 0.6 is 0 Å². The lowest BCUT2D eigenvalue weighted by atomic mass is 10.3. The summed E-state index contributed by atoms with van der Waals surface area (Å²) in [5.74, 6) is 0. The molecule has 0 spiro atoms. The maximum Gasteiger partial charge on any atom is 0.0110 e. The largest absolute Gasteiger partial charge is 0.304 e. The van der Waals surface area contributed by atoms with Gasteiger partial charge in [-0.05, 0) is 27.7 Å². The number of nitrogens with zero attached hydrogens (tertiary/aromatic N) is 4. The van der Waals surface area contributed by atoms with Crippen LogP contribution in [0.3, 0.4) is 0 Å². The van der Waals surface area contributed by atoms with Gasteiger partial charge in [-0.3, -0.25) is 0 Å². The van der Waals surface area contributed by atoms with Gasteiger partial charge in [-0.25, -0.2) is 0 Å². The second kappa shape index (κ2) is 11.6. The summed E-state index contributed by atoms with van der Waals surface area (Å²) >= 11 is 0. The highest BCUT2D eigenvalue weighted by molar-refractivity contribution is 4.67. The summed E-state index contributed by atoms with van der Waals surface area (Å²) in [6.45, 7) is 17.4. The Kier molecular flexibility index (Phi) is 11.6. The molecule has 2 heterocycles. The van der Waals surface area contributed by atoms with Crippen LogP contribution in [0.25, 0.3) is 0 Å². The monoisotopic (exact) mass is 272 g/mol. The van der Waals surface area contributed by atoms with E-state index in [0.29, 0.717) is 0 Å². The fourth-order valence-corrected chi connectivity index (χ4v) is 2.07. The molecule has 2 saturated heterocycles. The second-order valence-corrected chi connectivity index (χ2v) is 5.34. The summed E-state index contributed by atoms with van der Waals surface area (Å²) in [6.07, 6.45) is 0. The summed E-state index contributed by atoms with van der Waals surface area (Å²) in [5.41, 5.74) is 0. The third-order valence-corrected chi connectivity index (χ3v) is 3.77. The smallest absolute Gasteiger partial charge is 0.0110 e. The van der Waals surface area contributed by atoms with Crippen molar-refractivity contribution in [3.63, 3.8) is 0 Å². The van der Waals surface area contributed by atoms with E-state index in [4.69, 9.17) is 0 Å². The van der Waals surface area contributed by atoms with E-state index in [1.807, 2.05) is 13.8 Å². The van der Waals surface area contributed by atoms with Gasteiger partial charge >= 0.3 is 0 Å². The molecule has 4 nitrogen and oxygen atoms in total. The van der Waals surface area contributed by atoms with Crippen LogP contribution in [0.4, 0.5) is 0 Å². The Labute approximate surface area is 121 Å². The molecule has 0 radical (unpaired) electrons. The van der Waals surface area contributed by atoms with Crippen LogP contribution in [0, 0.1) is 0 Å². The molecule has 0 unspecified atom stereocenters. The Morgan fingerprint density at radius 1 is 0.579 bits per heavy atom. The van der Waals surface area contributed by atoms with Gasteiger partial charge in [0, 0.05) is 52.4 Å². The number of piperazine rings is 2. The Morgan fingerprint density at radius 2 is 0.842 bits per heavy atom. The van der Waals surface area contributed by atoms with Gasteiger partial charge in [0.25, 0.3) is 0 Å². The number of rotatable bonds is 1. The fraction of sp³-hybridized carbons (Fsp3) is 1.00. The van der Waals surface area contributed by atoms with Gasteiger partial charge in [-0.2, -0.15) is 0 Å². The molecule has 2 aliphatic rings. The average molecular weight is 272 g/mol.